The Morgan fingerprint density at radius 3 is 2.20 bits per heavy atom. The predicted molar refractivity (Wildman–Crippen MR) is 103 cm³/mol. The van der Waals surface area contributed by atoms with Crippen molar-refractivity contribution < 1.29 is 5.21 Å². The Morgan fingerprint density at radius 1 is 1.00 bits per heavy atom. The number of thiazole rings is 1. The van der Waals surface area contributed by atoms with Gasteiger partial charge in [-0.15, -0.1) is 0 Å². The molecule has 0 unspecified atom stereocenters. The van der Waals surface area contributed by atoms with Crippen molar-refractivity contribution in [2.45, 2.75) is 13.8 Å². The maximum absolute atomic E-state index is 9.16. The molecule has 0 saturated carbocycles. The van der Waals surface area contributed by atoms with Gasteiger partial charge in [0.25, 0.3) is 0 Å². The molecule has 4 aromatic rings. The van der Waals surface area contributed by atoms with Gasteiger partial charge in [0, 0.05) is 16.8 Å². The van der Waals surface area contributed by atoms with Gasteiger partial charge in [-0.1, -0.05) is 77.2 Å². The lowest BCUT2D eigenvalue weighted by molar-refractivity contribution is 0.319. The Kier molecular flexibility index (Phi) is 3.86. The van der Waals surface area contributed by atoms with Crippen LogP contribution in [0.1, 0.15) is 17.5 Å². The number of hydrogen-bond donors (Lipinski definition) is 1. The molecule has 4 nitrogen and oxygen atoms in total. The number of fused-ring (bicyclic) bond motifs is 1. The number of aryl methyl sites for hydroxylation is 1. The zero-order chi connectivity index (χ0) is 17.4. The average Bonchev–Trinajstić information content (AvgIpc) is 3.19. The minimum absolute atomic E-state index is 0.605. The Labute approximate surface area is 149 Å². The lowest BCUT2D eigenvalue weighted by Gasteiger charge is -2.07. The molecule has 0 fully saturated rings. The van der Waals surface area contributed by atoms with Crippen molar-refractivity contribution in [3.63, 3.8) is 0 Å². The number of rotatable bonds is 3. The SMILES string of the molecule is CC(=NO)c1sc2nc(-c3ccccc3)c(-c3ccccc3)n2c1C. The molecule has 2 aromatic heterocycles. The summed E-state index contributed by atoms with van der Waals surface area (Å²) in [6.45, 7) is 3.84. The van der Waals surface area contributed by atoms with Crippen molar-refractivity contribution in [2.24, 2.45) is 5.16 Å². The molecule has 5 heteroatoms. The normalized spacial score (nSPS) is 12.0. The Hall–Kier alpha value is -2.92. The quantitative estimate of drug-likeness (QED) is 0.313. The van der Waals surface area contributed by atoms with Gasteiger partial charge in [-0.25, -0.2) is 4.98 Å². The second kappa shape index (κ2) is 6.18. The first-order valence-corrected chi connectivity index (χ1v) is 8.84. The summed E-state index contributed by atoms with van der Waals surface area (Å²) in [7, 11) is 0. The summed E-state index contributed by atoms with van der Waals surface area (Å²) < 4.78 is 2.16. The molecule has 25 heavy (non-hydrogen) atoms. The fraction of sp³-hybridized carbons (Fsp3) is 0.100. The number of benzene rings is 2. The molecule has 2 aromatic carbocycles. The molecule has 0 bridgehead atoms. The summed E-state index contributed by atoms with van der Waals surface area (Å²) in [4.78, 5) is 6.74. The maximum Gasteiger partial charge on any atom is 0.195 e. The van der Waals surface area contributed by atoms with E-state index in [0.29, 0.717) is 5.71 Å². The van der Waals surface area contributed by atoms with Crippen molar-refractivity contribution >= 4 is 22.0 Å². The van der Waals surface area contributed by atoms with Gasteiger partial charge < -0.3 is 5.21 Å². The maximum atomic E-state index is 9.16. The molecule has 0 spiro atoms. The molecule has 0 aliphatic carbocycles. The summed E-state index contributed by atoms with van der Waals surface area (Å²) in [6, 6.07) is 20.5. The van der Waals surface area contributed by atoms with E-state index in [4.69, 9.17) is 10.2 Å². The molecule has 124 valence electrons. The van der Waals surface area contributed by atoms with Crippen LogP contribution >= 0.6 is 11.3 Å². The Morgan fingerprint density at radius 2 is 1.60 bits per heavy atom. The van der Waals surface area contributed by atoms with Crippen LogP contribution in [0, 0.1) is 6.92 Å². The highest BCUT2D eigenvalue weighted by molar-refractivity contribution is 7.19. The number of oxime groups is 1. The highest BCUT2D eigenvalue weighted by Gasteiger charge is 2.21. The van der Waals surface area contributed by atoms with E-state index < -0.39 is 0 Å². The van der Waals surface area contributed by atoms with E-state index in [1.807, 2.05) is 43.3 Å². The molecular formula is C20H17N3OS. The number of aromatic nitrogens is 2. The topological polar surface area (TPSA) is 49.9 Å². The molecule has 0 aliphatic rings. The summed E-state index contributed by atoms with van der Waals surface area (Å²) >= 11 is 1.54. The van der Waals surface area contributed by atoms with Gasteiger partial charge in [-0.05, 0) is 13.8 Å². The zero-order valence-electron chi connectivity index (χ0n) is 14.0. The lowest BCUT2D eigenvalue weighted by Crippen LogP contribution is -1.97. The molecule has 0 atom stereocenters. The highest BCUT2D eigenvalue weighted by Crippen LogP contribution is 2.37. The fourth-order valence-corrected chi connectivity index (χ4v) is 4.15. The van der Waals surface area contributed by atoms with E-state index in [1.165, 1.54) is 0 Å². The van der Waals surface area contributed by atoms with E-state index in [0.717, 1.165) is 38.0 Å². The molecule has 0 amide bonds. The monoisotopic (exact) mass is 347 g/mol. The van der Waals surface area contributed by atoms with Crippen LogP contribution in [-0.4, -0.2) is 20.3 Å². The second-order valence-corrected chi connectivity index (χ2v) is 6.84. The third kappa shape index (κ3) is 2.53. The molecule has 0 aliphatic heterocycles. The smallest absolute Gasteiger partial charge is 0.195 e. The molecular weight excluding hydrogens is 330 g/mol. The van der Waals surface area contributed by atoms with Crippen LogP contribution in [-0.2, 0) is 0 Å². The van der Waals surface area contributed by atoms with Crippen LogP contribution in [0.25, 0.3) is 27.5 Å². The van der Waals surface area contributed by atoms with Gasteiger partial charge in [-0.3, -0.25) is 4.40 Å². The van der Waals surface area contributed by atoms with Gasteiger partial charge in [0.15, 0.2) is 4.96 Å². The third-order valence-electron chi connectivity index (χ3n) is 4.28. The molecule has 2 heterocycles. The summed E-state index contributed by atoms with van der Waals surface area (Å²) in [5.41, 5.74) is 5.86. The molecule has 4 rings (SSSR count). The van der Waals surface area contributed by atoms with Crippen molar-refractivity contribution in [1.82, 2.24) is 9.38 Å². The standard InChI is InChI=1S/C20H17N3OS/c1-13(22-24)19-14(2)23-18(16-11-7-4-8-12-16)17(21-20(23)25-19)15-9-5-3-6-10-15/h3-12,24H,1-2H3. The van der Waals surface area contributed by atoms with Crippen molar-refractivity contribution in [3.05, 3.63) is 71.2 Å². The summed E-state index contributed by atoms with van der Waals surface area (Å²) in [6.07, 6.45) is 0. The minimum atomic E-state index is 0.605. The number of imidazole rings is 1. The van der Waals surface area contributed by atoms with Crippen LogP contribution in [0.2, 0.25) is 0 Å². The third-order valence-corrected chi connectivity index (χ3v) is 5.53. The molecule has 0 radical (unpaired) electrons. The zero-order valence-corrected chi connectivity index (χ0v) is 14.8. The van der Waals surface area contributed by atoms with Crippen LogP contribution < -0.4 is 0 Å². The van der Waals surface area contributed by atoms with E-state index in [2.05, 4.69) is 33.8 Å². The van der Waals surface area contributed by atoms with E-state index in [1.54, 1.807) is 18.3 Å². The second-order valence-electron chi connectivity index (χ2n) is 5.86. The summed E-state index contributed by atoms with van der Waals surface area (Å²) in [5.74, 6) is 0. The van der Waals surface area contributed by atoms with Gasteiger partial charge in [0.1, 0.15) is 0 Å². The first kappa shape index (κ1) is 15.6. The largest absolute Gasteiger partial charge is 0.411 e. The lowest BCUT2D eigenvalue weighted by atomic mass is 10.0. The summed E-state index contributed by atoms with van der Waals surface area (Å²) in [5, 5.41) is 12.5. The first-order valence-electron chi connectivity index (χ1n) is 8.02. The van der Waals surface area contributed by atoms with Crippen LogP contribution in [0.3, 0.4) is 0 Å². The Balaban J connectivity index is 2.07. The van der Waals surface area contributed by atoms with Crippen molar-refractivity contribution in [3.8, 4) is 22.5 Å². The van der Waals surface area contributed by atoms with Crippen LogP contribution in [0.4, 0.5) is 0 Å². The average molecular weight is 347 g/mol. The molecule has 0 saturated heterocycles. The van der Waals surface area contributed by atoms with Crippen LogP contribution in [0.5, 0.6) is 0 Å². The highest BCUT2D eigenvalue weighted by atomic mass is 32.1. The van der Waals surface area contributed by atoms with Crippen molar-refractivity contribution in [2.75, 3.05) is 0 Å². The predicted octanol–water partition coefficient (Wildman–Crippen LogP) is 5.24. The van der Waals surface area contributed by atoms with Gasteiger partial charge in [-0.2, -0.15) is 0 Å². The van der Waals surface area contributed by atoms with E-state index >= 15 is 0 Å². The minimum Gasteiger partial charge on any atom is -0.411 e. The first-order chi connectivity index (χ1) is 12.2. The number of hydrogen-bond acceptors (Lipinski definition) is 4. The number of nitrogens with zero attached hydrogens (tertiary/aromatic N) is 3. The van der Waals surface area contributed by atoms with Gasteiger partial charge in [0.2, 0.25) is 0 Å². The van der Waals surface area contributed by atoms with Gasteiger partial charge in [0.05, 0.1) is 22.0 Å². The van der Waals surface area contributed by atoms with E-state index in [-0.39, 0.29) is 0 Å². The Bertz CT molecular complexity index is 1060. The van der Waals surface area contributed by atoms with Crippen molar-refractivity contribution in [1.29, 1.82) is 0 Å². The van der Waals surface area contributed by atoms with Crippen LogP contribution in [0.15, 0.2) is 65.8 Å². The molecule has 1 N–H and O–H groups in total. The van der Waals surface area contributed by atoms with Gasteiger partial charge >= 0.3 is 0 Å². The fourth-order valence-electron chi connectivity index (χ4n) is 3.09. The van der Waals surface area contributed by atoms with E-state index in [9.17, 15) is 0 Å².